The van der Waals surface area contributed by atoms with Crippen molar-refractivity contribution in [3.8, 4) is 11.5 Å². The first-order chi connectivity index (χ1) is 11.1. The Labute approximate surface area is 145 Å². The fraction of sp³-hybridized carbons (Fsp3) is 0.684. The third-order valence-electron chi connectivity index (χ3n) is 4.21. The van der Waals surface area contributed by atoms with Gasteiger partial charge in [0.1, 0.15) is 0 Å². The van der Waals surface area contributed by atoms with Crippen molar-refractivity contribution in [3.05, 3.63) is 22.7 Å². The standard InChI is InChI=1S/C19H30ClNO2/c1-4-22-18-11-15(17(20)12-19(18)23-14(2)3)13-21-16-9-7-5-6-8-10-16/h11-12,14,16,21H,4-10,13H2,1-3H3. The van der Waals surface area contributed by atoms with Crippen molar-refractivity contribution in [2.45, 2.75) is 78.0 Å². The van der Waals surface area contributed by atoms with Crippen molar-refractivity contribution in [2.75, 3.05) is 6.61 Å². The van der Waals surface area contributed by atoms with Gasteiger partial charge in [-0.1, -0.05) is 37.3 Å². The van der Waals surface area contributed by atoms with Crippen LogP contribution in [0.1, 0.15) is 64.9 Å². The molecule has 0 heterocycles. The number of hydrogen-bond acceptors (Lipinski definition) is 3. The summed E-state index contributed by atoms with van der Waals surface area (Å²) >= 11 is 6.46. The first-order valence-electron chi connectivity index (χ1n) is 8.95. The van der Waals surface area contributed by atoms with Gasteiger partial charge < -0.3 is 14.8 Å². The van der Waals surface area contributed by atoms with Gasteiger partial charge in [0, 0.05) is 23.7 Å². The molecule has 0 unspecified atom stereocenters. The Morgan fingerprint density at radius 1 is 1.13 bits per heavy atom. The number of benzene rings is 1. The van der Waals surface area contributed by atoms with Crippen LogP contribution in [0.4, 0.5) is 0 Å². The van der Waals surface area contributed by atoms with Crippen molar-refractivity contribution >= 4 is 11.6 Å². The van der Waals surface area contributed by atoms with Gasteiger partial charge in [-0.05, 0) is 45.2 Å². The molecule has 0 radical (unpaired) electrons. The highest BCUT2D eigenvalue weighted by Crippen LogP contribution is 2.34. The van der Waals surface area contributed by atoms with E-state index in [0.29, 0.717) is 12.6 Å². The van der Waals surface area contributed by atoms with E-state index in [9.17, 15) is 0 Å². The number of nitrogens with one attached hydrogen (secondary N) is 1. The zero-order valence-corrected chi connectivity index (χ0v) is 15.4. The van der Waals surface area contributed by atoms with Crippen molar-refractivity contribution in [2.24, 2.45) is 0 Å². The summed E-state index contributed by atoms with van der Waals surface area (Å²) in [4.78, 5) is 0. The van der Waals surface area contributed by atoms with Crippen LogP contribution in [-0.2, 0) is 6.54 Å². The minimum atomic E-state index is 0.0974. The van der Waals surface area contributed by atoms with E-state index < -0.39 is 0 Å². The lowest BCUT2D eigenvalue weighted by Gasteiger charge is -2.19. The summed E-state index contributed by atoms with van der Waals surface area (Å²) < 4.78 is 11.5. The smallest absolute Gasteiger partial charge is 0.163 e. The monoisotopic (exact) mass is 339 g/mol. The molecule has 1 aromatic rings. The van der Waals surface area contributed by atoms with E-state index in [-0.39, 0.29) is 6.10 Å². The van der Waals surface area contributed by atoms with E-state index in [1.54, 1.807) is 0 Å². The van der Waals surface area contributed by atoms with Gasteiger partial charge in [-0.15, -0.1) is 0 Å². The Morgan fingerprint density at radius 2 is 1.83 bits per heavy atom. The summed E-state index contributed by atoms with van der Waals surface area (Å²) in [7, 11) is 0. The van der Waals surface area contributed by atoms with Gasteiger partial charge in [-0.2, -0.15) is 0 Å². The Balaban J connectivity index is 2.06. The molecule has 130 valence electrons. The Hall–Kier alpha value is -0.930. The van der Waals surface area contributed by atoms with Crippen molar-refractivity contribution in [1.82, 2.24) is 5.32 Å². The van der Waals surface area contributed by atoms with Gasteiger partial charge in [0.2, 0.25) is 0 Å². The molecule has 23 heavy (non-hydrogen) atoms. The van der Waals surface area contributed by atoms with E-state index >= 15 is 0 Å². The first kappa shape index (κ1) is 18.4. The third-order valence-corrected chi connectivity index (χ3v) is 4.56. The predicted molar refractivity (Wildman–Crippen MR) is 96.7 cm³/mol. The number of hydrogen-bond donors (Lipinski definition) is 1. The van der Waals surface area contributed by atoms with Gasteiger partial charge in [0.25, 0.3) is 0 Å². The molecule has 1 aliphatic rings. The maximum absolute atomic E-state index is 6.46. The highest BCUT2D eigenvalue weighted by atomic mass is 35.5. The molecule has 1 fully saturated rings. The van der Waals surface area contributed by atoms with Gasteiger partial charge in [0.05, 0.1) is 12.7 Å². The molecule has 0 atom stereocenters. The second-order valence-corrected chi connectivity index (χ2v) is 6.97. The quantitative estimate of drug-likeness (QED) is 0.680. The van der Waals surface area contributed by atoms with E-state index in [0.717, 1.165) is 28.6 Å². The molecule has 0 bridgehead atoms. The van der Waals surface area contributed by atoms with Crippen LogP contribution in [0.25, 0.3) is 0 Å². The molecule has 0 aromatic heterocycles. The Bertz CT molecular complexity index is 483. The molecule has 0 aliphatic heterocycles. The molecule has 1 saturated carbocycles. The topological polar surface area (TPSA) is 30.5 Å². The van der Waals surface area contributed by atoms with E-state index in [2.05, 4.69) is 5.32 Å². The SMILES string of the molecule is CCOc1cc(CNC2CCCCCC2)c(Cl)cc1OC(C)C. The van der Waals surface area contributed by atoms with E-state index in [1.165, 1.54) is 38.5 Å². The Kier molecular flexibility index (Phi) is 7.51. The maximum Gasteiger partial charge on any atom is 0.163 e. The van der Waals surface area contributed by atoms with Crippen molar-refractivity contribution in [1.29, 1.82) is 0 Å². The summed E-state index contributed by atoms with van der Waals surface area (Å²) in [6.07, 6.45) is 8.03. The molecule has 0 spiro atoms. The number of ether oxygens (including phenoxy) is 2. The zero-order valence-electron chi connectivity index (χ0n) is 14.7. The highest BCUT2D eigenvalue weighted by Gasteiger charge is 2.15. The summed E-state index contributed by atoms with van der Waals surface area (Å²) in [5.41, 5.74) is 1.08. The molecular weight excluding hydrogens is 310 g/mol. The van der Waals surface area contributed by atoms with E-state index in [4.69, 9.17) is 21.1 Å². The second-order valence-electron chi connectivity index (χ2n) is 6.56. The minimum Gasteiger partial charge on any atom is -0.490 e. The minimum absolute atomic E-state index is 0.0974. The largest absolute Gasteiger partial charge is 0.490 e. The van der Waals surface area contributed by atoms with Crippen LogP contribution in [0.5, 0.6) is 11.5 Å². The lowest BCUT2D eigenvalue weighted by molar-refractivity contribution is 0.223. The maximum atomic E-state index is 6.46. The molecule has 0 saturated heterocycles. The summed E-state index contributed by atoms with van der Waals surface area (Å²) in [6, 6.07) is 4.51. The lowest BCUT2D eigenvalue weighted by atomic mass is 10.1. The summed E-state index contributed by atoms with van der Waals surface area (Å²) in [5, 5.41) is 4.41. The first-order valence-corrected chi connectivity index (χ1v) is 9.33. The number of halogens is 1. The van der Waals surface area contributed by atoms with Crippen LogP contribution < -0.4 is 14.8 Å². The molecule has 4 heteroatoms. The molecule has 2 rings (SSSR count). The molecular formula is C19H30ClNO2. The molecule has 3 nitrogen and oxygen atoms in total. The Morgan fingerprint density at radius 3 is 2.43 bits per heavy atom. The van der Waals surface area contributed by atoms with Gasteiger partial charge in [-0.3, -0.25) is 0 Å². The van der Waals surface area contributed by atoms with Gasteiger partial charge >= 0.3 is 0 Å². The fourth-order valence-corrected chi connectivity index (χ4v) is 3.29. The average Bonchev–Trinajstić information content (AvgIpc) is 2.77. The number of rotatable bonds is 7. The lowest BCUT2D eigenvalue weighted by Crippen LogP contribution is -2.28. The van der Waals surface area contributed by atoms with Crippen LogP contribution in [0.3, 0.4) is 0 Å². The van der Waals surface area contributed by atoms with Crippen LogP contribution >= 0.6 is 11.6 Å². The van der Waals surface area contributed by atoms with Crippen molar-refractivity contribution < 1.29 is 9.47 Å². The summed E-state index contributed by atoms with van der Waals surface area (Å²) in [5.74, 6) is 1.51. The van der Waals surface area contributed by atoms with Crippen LogP contribution in [-0.4, -0.2) is 18.8 Å². The van der Waals surface area contributed by atoms with Crippen LogP contribution in [0, 0.1) is 0 Å². The van der Waals surface area contributed by atoms with E-state index in [1.807, 2.05) is 32.9 Å². The second kappa shape index (κ2) is 9.39. The zero-order chi connectivity index (χ0) is 16.7. The molecule has 1 aromatic carbocycles. The predicted octanol–water partition coefficient (Wildman–Crippen LogP) is 5.34. The molecule has 0 amide bonds. The van der Waals surface area contributed by atoms with Crippen LogP contribution in [0.2, 0.25) is 5.02 Å². The molecule has 1 aliphatic carbocycles. The average molecular weight is 340 g/mol. The third kappa shape index (κ3) is 5.89. The van der Waals surface area contributed by atoms with Crippen LogP contribution in [0.15, 0.2) is 12.1 Å². The van der Waals surface area contributed by atoms with Crippen molar-refractivity contribution in [3.63, 3.8) is 0 Å². The normalized spacial score (nSPS) is 16.4. The highest BCUT2D eigenvalue weighted by molar-refractivity contribution is 6.31. The van der Waals surface area contributed by atoms with Gasteiger partial charge in [0.15, 0.2) is 11.5 Å². The molecule has 1 N–H and O–H groups in total. The summed E-state index contributed by atoms with van der Waals surface area (Å²) in [6.45, 7) is 7.39. The van der Waals surface area contributed by atoms with Gasteiger partial charge in [-0.25, -0.2) is 0 Å². The fourth-order valence-electron chi connectivity index (χ4n) is 3.06.